The molecule has 2 aromatic carbocycles. The molecule has 0 aromatic heterocycles. The van der Waals surface area contributed by atoms with Gasteiger partial charge in [-0.1, -0.05) is 30.3 Å². The van der Waals surface area contributed by atoms with Crippen LogP contribution in [0.3, 0.4) is 0 Å². The number of carbonyl (C=O) groups excluding carboxylic acids is 1. The third-order valence-corrected chi connectivity index (χ3v) is 3.07. The summed E-state index contributed by atoms with van der Waals surface area (Å²) in [7, 11) is 1.94. The highest BCUT2D eigenvalue weighted by Crippen LogP contribution is 2.21. The van der Waals surface area contributed by atoms with Gasteiger partial charge in [-0.05, 0) is 43.7 Å². The van der Waals surface area contributed by atoms with Gasteiger partial charge in [0.1, 0.15) is 0 Å². The summed E-state index contributed by atoms with van der Waals surface area (Å²) in [5.74, 6) is 0.0353. The maximum Gasteiger partial charge on any atom is 0.239 e. The molecule has 0 spiro atoms. The first-order valence-corrected chi connectivity index (χ1v) is 6.86. The fourth-order valence-electron chi connectivity index (χ4n) is 2.18. The van der Waals surface area contributed by atoms with Crippen LogP contribution in [0.1, 0.15) is 20.8 Å². The maximum atomic E-state index is 12.0. The molecule has 106 valence electrons. The number of hydrogen-bond donors (Lipinski definition) is 1. The Labute approximate surface area is 120 Å². The van der Waals surface area contributed by atoms with Crippen molar-refractivity contribution in [1.82, 2.24) is 5.32 Å². The van der Waals surface area contributed by atoms with E-state index < -0.39 is 0 Å². The lowest BCUT2D eigenvalue weighted by Gasteiger charge is -2.24. The molecule has 0 bridgehead atoms. The van der Waals surface area contributed by atoms with Crippen LogP contribution in [0.2, 0.25) is 0 Å². The molecule has 0 heterocycles. The number of nitrogens with zero attached hydrogens (tertiary/aromatic N) is 1. The van der Waals surface area contributed by atoms with Crippen LogP contribution in [0, 0.1) is 0 Å². The Morgan fingerprint density at radius 3 is 2.40 bits per heavy atom. The van der Waals surface area contributed by atoms with Gasteiger partial charge in [-0.15, -0.1) is 0 Å². The van der Waals surface area contributed by atoms with Crippen molar-refractivity contribution in [2.75, 3.05) is 18.5 Å². The molecule has 0 fully saturated rings. The molecule has 20 heavy (non-hydrogen) atoms. The molecule has 0 aliphatic heterocycles. The number of benzene rings is 2. The average Bonchev–Trinajstić information content (AvgIpc) is 2.35. The van der Waals surface area contributed by atoms with Crippen LogP contribution in [0.5, 0.6) is 0 Å². The van der Waals surface area contributed by atoms with Crippen molar-refractivity contribution in [3.8, 4) is 0 Å². The number of carbonyl (C=O) groups is 1. The van der Waals surface area contributed by atoms with Crippen LogP contribution >= 0.6 is 0 Å². The summed E-state index contributed by atoms with van der Waals surface area (Å²) in [5, 5.41) is 5.38. The van der Waals surface area contributed by atoms with Crippen LogP contribution in [-0.2, 0) is 4.79 Å². The molecule has 2 rings (SSSR count). The minimum atomic E-state index is -0.193. The summed E-state index contributed by atoms with van der Waals surface area (Å²) in [6.07, 6.45) is 0. The van der Waals surface area contributed by atoms with E-state index in [2.05, 4.69) is 29.6 Å². The smallest absolute Gasteiger partial charge is 0.239 e. The fraction of sp³-hybridized carbons (Fsp3) is 0.353. The average molecular weight is 270 g/mol. The highest BCUT2D eigenvalue weighted by Gasteiger charge is 2.15. The van der Waals surface area contributed by atoms with Gasteiger partial charge in [0, 0.05) is 18.3 Å². The lowest BCUT2D eigenvalue weighted by atomic mass is 10.1. The van der Waals surface area contributed by atoms with Gasteiger partial charge in [-0.3, -0.25) is 4.79 Å². The monoisotopic (exact) mass is 270 g/mol. The van der Waals surface area contributed by atoms with E-state index in [1.807, 2.05) is 50.9 Å². The largest absolute Gasteiger partial charge is 0.365 e. The second kappa shape index (κ2) is 5.53. The summed E-state index contributed by atoms with van der Waals surface area (Å²) in [5.41, 5.74) is 0.856. The van der Waals surface area contributed by atoms with Crippen molar-refractivity contribution in [3.63, 3.8) is 0 Å². The standard InChI is InChI=1S/C17H22N2O/c1-17(2,3)18-16(20)12-19(4)15-10-9-13-7-5-6-8-14(13)11-15/h5-11H,12H2,1-4H3,(H,18,20). The highest BCUT2D eigenvalue weighted by molar-refractivity contribution is 5.87. The van der Waals surface area contributed by atoms with Gasteiger partial charge in [-0.2, -0.15) is 0 Å². The SMILES string of the molecule is CN(CC(=O)NC(C)(C)C)c1ccc2ccccc2c1. The molecule has 1 N–H and O–H groups in total. The minimum absolute atomic E-state index is 0.0353. The first kappa shape index (κ1) is 14.4. The number of fused-ring (bicyclic) bond motifs is 1. The summed E-state index contributed by atoms with van der Waals surface area (Å²) in [4.78, 5) is 13.9. The van der Waals surface area contributed by atoms with E-state index in [0.29, 0.717) is 6.54 Å². The van der Waals surface area contributed by atoms with Crippen LogP contribution in [0.4, 0.5) is 5.69 Å². The Morgan fingerprint density at radius 1 is 1.10 bits per heavy atom. The molecule has 3 heteroatoms. The van der Waals surface area contributed by atoms with E-state index in [1.165, 1.54) is 10.8 Å². The zero-order valence-electron chi connectivity index (χ0n) is 12.6. The Balaban J connectivity index is 2.11. The first-order chi connectivity index (χ1) is 9.35. The number of amides is 1. The molecule has 0 unspecified atom stereocenters. The van der Waals surface area contributed by atoms with Gasteiger partial charge in [-0.25, -0.2) is 0 Å². The predicted molar refractivity (Wildman–Crippen MR) is 85.1 cm³/mol. The van der Waals surface area contributed by atoms with E-state index in [9.17, 15) is 4.79 Å². The molecule has 1 amide bonds. The Bertz CT molecular complexity index is 614. The Hall–Kier alpha value is -2.03. The van der Waals surface area contributed by atoms with E-state index in [4.69, 9.17) is 0 Å². The highest BCUT2D eigenvalue weighted by atomic mass is 16.2. The summed E-state index contributed by atoms with van der Waals surface area (Å²) in [6, 6.07) is 14.5. The molecule has 2 aromatic rings. The van der Waals surface area contributed by atoms with E-state index in [0.717, 1.165) is 5.69 Å². The third-order valence-electron chi connectivity index (χ3n) is 3.07. The lowest BCUT2D eigenvalue weighted by Crippen LogP contribution is -2.45. The van der Waals surface area contributed by atoms with Crippen molar-refractivity contribution in [1.29, 1.82) is 0 Å². The van der Waals surface area contributed by atoms with Gasteiger partial charge in [0.05, 0.1) is 6.54 Å². The van der Waals surface area contributed by atoms with Crippen molar-refractivity contribution in [2.45, 2.75) is 26.3 Å². The van der Waals surface area contributed by atoms with Crippen molar-refractivity contribution in [2.24, 2.45) is 0 Å². The number of rotatable bonds is 3. The summed E-state index contributed by atoms with van der Waals surface area (Å²) in [6.45, 7) is 6.32. The number of likely N-dealkylation sites (N-methyl/N-ethyl adjacent to an activating group) is 1. The van der Waals surface area contributed by atoms with Crippen LogP contribution < -0.4 is 10.2 Å². The van der Waals surface area contributed by atoms with Crippen LogP contribution in [0.25, 0.3) is 10.8 Å². The Morgan fingerprint density at radius 2 is 1.75 bits per heavy atom. The quantitative estimate of drug-likeness (QED) is 0.929. The fourth-order valence-corrected chi connectivity index (χ4v) is 2.18. The molecule has 0 radical (unpaired) electrons. The summed E-state index contributed by atoms with van der Waals surface area (Å²) >= 11 is 0. The predicted octanol–water partition coefficient (Wildman–Crippen LogP) is 3.19. The summed E-state index contributed by atoms with van der Waals surface area (Å²) < 4.78 is 0. The Kier molecular flexibility index (Phi) is 3.98. The second-order valence-corrected chi connectivity index (χ2v) is 6.19. The van der Waals surface area contributed by atoms with Gasteiger partial charge in [0.25, 0.3) is 0 Å². The van der Waals surface area contributed by atoms with Gasteiger partial charge in [0.2, 0.25) is 5.91 Å². The normalized spacial score (nSPS) is 11.4. The molecule has 0 atom stereocenters. The van der Waals surface area contributed by atoms with Crippen LogP contribution in [0.15, 0.2) is 42.5 Å². The zero-order chi connectivity index (χ0) is 14.8. The second-order valence-electron chi connectivity index (χ2n) is 6.19. The number of nitrogens with one attached hydrogen (secondary N) is 1. The van der Waals surface area contributed by atoms with Crippen molar-refractivity contribution >= 4 is 22.4 Å². The molecule has 0 saturated heterocycles. The maximum absolute atomic E-state index is 12.0. The van der Waals surface area contributed by atoms with Crippen molar-refractivity contribution in [3.05, 3.63) is 42.5 Å². The molecular formula is C17H22N2O. The molecule has 0 aliphatic carbocycles. The van der Waals surface area contributed by atoms with Gasteiger partial charge in [0.15, 0.2) is 0 Å². The number of anilines is 1. The van der Waals surface area contributed by atoms with E-state index in [1.54, 1.807) is 0 Å². The lowest BCUT2D eigenvalue weighted by molar-refractivity contribution is -0.121. The van der Waals surface area contributed by atoms with Crippen LogP contribution in [-0.4, -0.2) is 25.0 Å². The molecule has 0 aliphatic rings. The molecule has 0 saturated carbocycles. The first-order valence-electron chi connectivity index (χ1n) is 6.86. The number of hydrogen-bond acceptors (Lipinski definition) is 2. The third kappa shape index (κ3) is 3.73. The van der Waals surface area contributed by atoms with E-state index >= 15 is 0 Å². The van der Waals surface area contributed by atoms with E-state index in [-0.39, 0.29) is 11.4 Å². The minimum Gasteiger partial charge on any atom is -0.365 e. The topological polar surface area (TPSA) is 32.3 Å². The van der Waals surface area contributed by atoms with Gasteiger partial charge < -0.3 is 10.2 Å². The van der Waals surface area contributed by atoms with Crippen molar-refractivity contribution < 1.29 is 4.79 Å². The van der Waals surface area contributed by atoms with Gasteiger partial charge >= 0.3 is 0 Å². The molecule has 3 nitrogen and oxygen atoms in total. The molecular weight excluding hydrogens is 248 g/mol. The zero-order valence-corrected chi connectivity index (χ0v) is 12.6.